The predicted molar refractivity (Wildman–Crippen MR) is 89.0 cm³/mol. The maximum Gasteiger partial charge on any atom is 0.350 e. The van der Waals surface area contributed by atoms with Crippen LogP contribution in [0.3, 0.4) is 0 Å². The van der Waals surface area contributed by atoms with Gasteiger partial charge in [-0.05, 0) is 19.1 Å². The quantitative estimate of drug-likeness (QED) is 0.496. The molecule has 1 N–H and O–H groups in total. The van der Waals surface area contributed by atoms with Crippen molar-refractivity contribution in [3.63, 3.8) is 0 Å². The number of esters is 1. The van der Waals surface area contributed by atoms with E-state index >= 15 is 0 Å². The molecule has 1 heterocycles. The van der Waals surface area contributed by atoms with Crippen LogP contribution in [0.1, 0.15) is 20.9 Å². The molecule has 0 saturated heterocycles. The number of thiazole rings is 1. The molecule has 1 aromatic carbocycles. The van der Waals surface area contributed by atoms with Gasteiger partial charge in [-0.15, -0.1) is 0 Å². The van der Waals surface area contributed by atoms with E-state index in [1.165, 1.54) is 18.4 Å². The van der Waals surface area contributed by atoms with Crippen LogP contribution in [0.15, 0.2) is 23.3 Å². The van der Waals surface area contributed by atoms with Crippen LogP contribution in [0.25, 0.3) is 0 Å². The molecule has 0 saturated carbocycles. The number of nitrogens with zero attached hydrogens (tertiary/aromatic N) is 2. The van der Waals surface area contributed by atoms with Crippen molar-refractivity contribution in [2.24, 2.45) is 5.10 Å². The van der Waals surface area contributed by atoms with Crippen LogP contribution in [-0.2, 0) is 4.74 Å². The second-order valence-electron chi connectivity index (χ2n) is 4.38. The standard InChI is InChI=1S/C15H17N3O4S/c1-9-13(14(19)22-4)23-15(17-9)18-16-8-10-6-5-7-11(20-2)12(10)21-3/h5-8H,1-4H3,(H,17,18)/b16-8-. The third-order valence-electron chi connectivity index (χ3n) is 2.96. The lowest BCUT2D eigenvalue weighted by Gasteiger charge is -2.09. The topological polar surface area (TPSA) is 82.0 Å². The molecule has 23 heavy (non-hydrogen) atoms. The summed E-state index contributed by atoms with van der Waals surface area (Å²) in [5.41, 5.74) is 4.14. The van der Waals surface area contributed by atoms with Crippen LogP contribution in [0.5, 0.6) is 11.5 Å². The predicted octanol–water partition coefficient (Wildman–Crippen LogP) is 2.70. The van der Waals surface area contributed by atoms with Gasteiger partial charge >= 0.3 is 5.97 Å². The fraction of sp³-hybridized carbons (Fsp3) is 0.267. The Kier molecular flexibility index (Phi) is 5.53. The van der Waals surface area contributed by atoms with Crippen LogP contribution in [0, 0.1) is 6.92 Å². The van der Waals surface area contributed by atoms with Crippen molar-refractivity contribution in [1.82, 2.24) is 4.98 Å². The van der Waals surface area contributed by atoms with Crippen LogP contribution in [0.4, 0.5) is 5.13 Å². The molecule has 2 aromatic rings. The first-order valence-electron chi connectivity index (χ1n) is 6.66. The molecular weight excluding hydrogens is 318 g/mol. The number of anilines is 1. The molecule has 0 aliphatic carbocycles. The maximum atomic E-state index is 11.5. The highest BCUT2D eigenvalue weighted by atomic mass is 32.1. The van der Waals surface area contributed by atoms with Gasteiger partial charge in [-0.2, -0.15) is 5.10 Å². The Labute approximate surface area is 137 Å². The second kappa shape index (κ2) is 7.59. The number of methoxy groups -OCH3 is 3. The average molecular weight is 335 g/mol. The lowest BCUT2D eigenvalue weighted by atomic mass is 10.2. The number of ether oxygens (including phenoxy) is 3. The highest BCUT2D eigenvalue weighted by Crippen LogP contribution is 2.29. The molecule has 122 valence electrons. The molecule has 0 atom stereocenters. The summed E-state index contributed by atoms with van der Waals surface area (Å²) in [5.74, 6) is 0.798. The number of aromatic nitrogens is 1. The van der Waals surface area contributed by atoms with Crippen LogP contribution >= 0.6 is 11.3 Å². The smallest absolute Gasteiger partial charge is 0.350 e. The summed E-state index contributed by atoms with van der Waals surface area (Å²) in [6.07, 6.45) is 1.59. The maximum absolute atomic E-state index is 11.5. The number of para-hydroxylation sites is 1. The van der Waals surface area contributed by atoms with E-state index in [1.54, 1.807) is 33.4 Å². The minimum absolute atomic E-state index is 0.411. The largest absolute Gasteiger partial charge is 0.493 e. The van der Waals surface area contributed by atoms with Gasteiger partial charge in [0.1, 0.15) is 4.88 Å². The van der Waals surface area contributed by atoms with Crippen molar-refractivity contribution in [3.8, 4) is 11.5 Å². The van der Waals surface area contributed by atoms with Gasteiger partial charge in [-0.25, -0.2) is 9.78 Å². The SMILES string of the molecule is COC(=O)c1sc(N/N=C\c2cccc(OC)c2OC)nc1C. The van der Waals surface area contributed by atoms with Gasteiger partial charge in [0.25, 0.3) is 0 Å². The van der Waals surface area contributed by atoms with Crippen LogP contribution in [0.2, 0.25) is 0 Å². The summed E-state index contributed by atoms with van der Waals surface area (Å²) < 4.78 is 15.2. The molecule has 0 aliphatic rings. The third-order valence-corrected chi connectivity index (χ3v) is 4.01. The van der Waals surface area contributed by atoms with Crippen molar-refractivity contribution in [2.45, 2.75) is 6.92 Å². The van der Waals surface area contributed by atoms with Gasteiger partial charge in [-0.1, -0.05) is 17.4 Å². The first-order chi connectivity index (χ1) is 11.1. The summed E-state index contributed by atoms with van der Waals surface area (Å²) in [7, 11) is 4.47. The first kappa shape index (κ1) is 16.8. The molecule has 0 fully saturated rings. The number of nitrogens with one attached hydrogen (secondary N) is 1. The minimum atomic E-state index is -0.411. The summed E-state index contributed by atoms with van der Waals surface area (Å²) in [4.78, 5) is 16.2. The Morgan fingerprint density at radius 1 is 1.30 bits per heavy atom. The Balaban J connectivity index is 2.15. The van der Waals surface area contributed by atoms with Gasteiger partial charge in [0, 0.05) is 5.56 Å². The number of aryl methyl sites for hydroxylation is 1. The summed E-state index contributed by atoms with van der Waals surface area (Å²) in [6, 6.07) is 5.49. The first-order valence-corrected chi connectivity index (χ1v) is 7.48. The molecular formula is C15H17N3O4S. The molecule has 0 aliphatic heterocycles. The van der Waals surface area contributed by atoms with E-state index in [4.69, 9.17) is 14.2 Å². The summed E-state index contributed by atoms with van der Waals surface area (Å²) >= 11 is 1.18. The van der Waals surface area contributed by atoms with E-state index in [0.717, 1.165) is 5.56 Å². The van der Waals surface area contributed by atoms with Crippen molar-refractivity contribution >= 4 is 28.7 Å². The number of hydrogen-bond acceptors (Lipinski definition) is 8. The zero-order valence-electron chi connectivity index (χ0n) is 13.2. The zero-order valence-corrected chi connectivity index (χ0v) is 14.1. The molecule has 7 nitrogen and oxygen atoms in total. The molecule has 2 rings (SSSR count). The fourth-order valence-electron chi connectivity index (χ4n) is 1.90. The molecule has 0 radical (unpaired) electrons. The number of hydrazone groups is 1. The highest BCUT2D eigenvalue weighted by Gasteiger charge is 2.15. The van der Waals surface area contributed by atoms with E-state index in [9.17, 15) is 4.79 Å². The number of carbonyl (C=O) groups excluding carboxylic acids is 1. The molecule has 0 unspecified atom stereocenters. The highest BCUT2D eigenvalue weighted by molar-refractivity contribution is 7.17. The van der Waals surface area contributed by atoms with Crippen LogP contribution in [-0.4, -0.2) is 38.5 Å². The van der Waals surface area contributed by atoms with Gasteiger partial charge in [0.2, 0.25) is 5.13 Å². The average Bonchev–Trinajstić information content (AvgIpc) is 2.94. The molecule has 8 heteroatoms. The lowest BCUT2D eigenvalue weighted by molar-refractivity contribution is 0.0605. The van der Waals surface area contributed by atoms with Crippen molar-refractivity contribution < 1.29 is 19.0 Å². The monoisotopic (exact) mass is 335 g/mol. The Morgan fingerprint density at radius 3 is 2.74 bits per heavy atom. The lowest BCUT2D eigenvalue weighted by Crippen LogP contribution is -1.99. The molecule has 0 bridgehead atoms. The van der Waals surface area contributed by atoms with Crippen molar-refractivity contribution in [2.75, 3.05) is 26.8 Å². The Morgan fingerprint density at radius 2 is 2.09 bits per heavy atom. The van der Waals surface area contributed by atoms with E-state index in [1.807, 2.05) is 12.1 Å². The number of rotatable bonds is 6. The van der Waals surface area contributed by atoms with Gasteiger partial charge in [0.05, 0.1) is 33.2 Å². The number of carbonyl (C=O) groups is 1. The van der Waals surface area contributed by atoms with Gasteiger partial charge in [-0.3, -0.25) is 5.43 Å². The van der Waals surface area contributed by atoms with Crippen molar-refractivity contribution in [3.05, 3.63) is 34.3 Å². The Hall–Kier alpha value is -2.61. The molecule has 1 aromatic heterocycles. The zero-order chi connectivity index (χ0) is 16.8. The summed E-state index contributed by atoms with van der Waals surface area (Å²) in [6.45, 7) is 1.74. The minimum Gasteiger partial charge on any atom is -0.493 e. The number of hydrogen-bond donors (Lipinski definition) is 1. The Bertz CT molecular complexity index is 728. The van der Waals surface area contributed by atoms with Gasteiger partial charge < -0.3 is 14.2 Å². The number of benzene rings is 1. The normalized spacial score (nSPS) is 10.6. The fourth-order valence-corrected chi connectivity index (χ4v) is 2.73. The van der Waals surface area contributed by atoms with E-state index < -0.39 is 5.97 Å². The molecule has 0 amide bonds. The van der Waals surface area contributed by atoms with Crippen molar-refractivity contribution in [1.29, 1.82) is 0 Å². The summed E-state index contributed by atoms with van der Waals surface area (Å²) in [5, 5.41) is 4.62. The second-order valence-corrected chi connectivity index (χ2v) is 5.38. The van der Waals surface area contributed by atoms with E-state index in [2.05, 4.69) is 15.5 Å². The van der Waals surface area contributed by atoms with Gasteiger partial charge in [0.15, 0.2) is 11.5 Å². The van der Waals surface area contributed by atoms with E-state index in [0.29, 0.717) is 27.2 Å². The molecule has 0 spiro atoms. The van der Waals surface area contributed by atoms with E-state index in [-0.39, 0.29) is 0 Å². The third kappa shape index (κ3) is 3.78. The van der Waals surface area contributed by atoms with Crippen LogP contribution < -0.4 is 14.9 Å².